The Morgan fingerprint density at radius 3 is 2.52 bits per heavy atom. The second kappa shape index (κ2) is 10.5. The van der Waals surface area contributed by atoms with Gasteiger partial charge in [0, 0.05) is 25.2 Å². The fourth-order valence-electron chi connectivity index (χ4n) is 3.17. The summed E-state index contributed by atoms with van der Waals surface area (Å²) in [6, 6.07) is 3.20. The van der Waals surface area contributed by atoms with E-state index < -0.39 is 10.0 Å². The van der Waals surface area contributed by atoms with Gasteiger partial charge in [-0.05, 0) is 43.2 Å². The third-order valence-corrected chi connectivity index (χ3v) is 6.61. The lowest BCUT2D eigenvalue weighted by atomic mass is 9.98. The fourth-order valence-corrected chi connectivity index (χ4v) is 4.31. The third kappa shape index (κ3) is 7.04. The first-order valence-corrected chi connectivity index (χ1v) is 12.1. The topological polar surface area (TPSA) is 84.9 Å². The van der Waals surface area contributed by atoms with Crippen LogP contribution in [0.25, 0.3) is 0 Å². The smallest absolute Gasteiger partial charge is 0.251 e. The molecule has 0 saturated carbocycles. The van der Waals surface area contributed by atoms with Crippen molar-refractivity contribution in [1.82, 2.24) is 9.62 Å². The highest BCUT2D eigenvalue weighted by Gasteiger charge is 2.25. The summed E-state index contributed by atoms with van der Waals surface area (Å²) in [5.74, 6) is 1.37. The minimum absolute atomic E-state index is 0.243. The summed E-state index contributed by atoms with van der Waals surface area (Å²) in [4.78, 5) is 12.6. The molecule has 0 atom stereocenters. The largest absolute Gasteiger partial charge is 0.493 e. The third-order valence-electron chi connectivity index (χ3n) is 5.03. The summed E-state index contributed by atoms with van der Waals surface area (Å²) >= 11 is 6.33. The van der Waals surface area contributed by atoms with Crippen molar-refractivity contribution in [3.05, 3.63) is 22.7 Å². The zero-order valence-corrected chi connectivity index (χ0v) is 19.1. The summed E-state index contributed by atoms with van der Waals surface area (Å²) in [5.41, 5.74) is 0.400. The SMILES string of the molecule is COc1cc(C(=O)NCC2CCN(S(C)(=O)=O)CC2)cc(Cl)c1OCCC(C)C. The Hall–Kier alpha value is -1.51. The van der Waals surface area contributed by atoms with E-state index >= 15 is 0 Å². The Kier molecular flexibility index (Phi) is 8.60. The van der Waals surface area contributed by atoms with Crippen LogP contribution in [-0.4, -0.2) is 58.2 Å². The molecule has 1 aliphatic rings. The van der Waals surface area contributed by atoms with Gasteiger partial charge in [-0.1, -0.05) is 25.4 Å². The molecule has 164 valence electrons. The zero-order valence-electron chi connectivity index (χ0n) is 17.5. The number of hydrogen-bond donors (Lipinski definition) is 1. The molecule has 29 heavy (non-hydrogen) atoms. The first-order chi connectivity index (χ1) is 13.6. The van der Waals surface area contributed by atoms with Crippen molar-refractivity contribution in [1.29, 1.82) is 0 Å². The molecule has 2 rings (SSSR count). The van der Waals surface area contributed by atoms with Crippen LogP contribution in [-0.2, 0) is 10.0 Å². The van der Waals surface area contributed by atoms with Crippen LogP contribution >= 0.6 is 11.6 Å². The first-order valence-electron chi connectivity index (χ1n) is 9.85. The minimum atomic E-state index is -3.15. The standard InChI is InChI=1S/C20H31ClN2O5S/c1-14(2)7-10-28-19-17(21)11-16(12-18(19)27-3)20(24)22-13-15-5-8-23(9-6-15)29(4,25)26/h11-12,14-15H,5-10,13H2,1-4H3,(H,22,24). The van der Waals surface area contributed by atoms with Crippen LogP contribution < -0.4 is 14.8 Å². The van der Waals surface area contributed by atoms with Crippen molar-refractivity contribution in [2.24, 2.45) is 11.8 Å². The molecule has 0 aromatic heterocycles. The average Bonchev–Trinajstić information content (AvgIpc) is 2.66. The van der Waals surface area contributed by atoms with E-state index in [9.17, 15) is 13.2 Å². The van der Waals surface area contributed by atoms with Crippen molar-refractivity contribution >= 4 is 27.5 Å². The van der Waals surface area contributed by atoms with E-state index in [4.69, 9.17) is 21.1 Å². The normalized spacial score (nSPS) is 16.1. The highest BCUT2D eigenvalue weighted by Crippen LogP contribution is 2.36. The molecule has 7 nitrogen and oxygen atoms in total. The number of carbonyl (C=O) groups excluding carboxylic acids is 1. The highest BCUT2D eigenvalue weighted by molar-refractivity contribution is 7.88. The molecular formula is C20H31ClN2O5S. The van der Waals surface area contributed by atoms with Crippen molar-refractivity contribution in [3.63, 3.8) is 0 Å². The van der Waals surface area contributed by atoms with Gasteiger partial charge in [-0.15, -0.1) is 0 Å². The highest BCUT2D eigenvalue weighted by atomic mass is 35.5. The number of nitrogens with one attached hydrogen (secondary N) is 1. The van der Waals surface area contributed by atoms with E-state index in [0.29, 0.717) is 54.2 Å². The molecule has 1 saturated heterocycles. The van der Waals surface area contributed by atoms with Crippen molar-refractivity contribution in [2.75, 3.05) is 39.6 Å². The lowest BCUT2D eigenvalue weighted by molar-refractivity contribution is 0.0941. The zero-order chi connectivity index (χ0) is 21.6. The average molecular weight is 447 g/mol. The van der Waals surface area contributed by atoms with E-state index in [1.807, 2.05) is 0 Å². The van der Waals surface area contributed by atoms with Crippen molar-refractivity contribution < 1.29 is 22.7 Å². The molecule has 0 aliphatic carbocycles. The maximum Gasteiger partial charge on any atom is 0.251 e. The number of ether oxygens (including phenoxy) is 2. The van der Waals surface area contributed by atoms with Gasteiger partial charge < -0.3 is 14.8 Å². The van der Waals surface area contributed by atoms with Crippen LogP contribution in [0.15, 0.2) is 12.1 Å². The quantitative estimate of drug-likeness (QED) is 0.629. The number of rotatable bonds is 9. The van der Waals surface area contributed by atoms with Gasteiger partial charge in [-0.2, -0.15) is 0 Å². The first kappa shape index (κ1) is 23.8. The number of amides is 1. The summed E-state index contributed by atoms with van der Waals surface area (Å²) < 4.78 is 35.8. The van der Waals surface area contributed by atoms with Crippen LogP contribution in [0.4, 0.5) is 0 Å². The van der Waals surface area contributed by atoms with Crippen molar-refractivity contribution in [3.8, 4) is 11.5 Å². The minimum Gasteiger partial charge on any atom is -0.493 e. The van der Waals surface area contributed by atoms with Gasteiger partial charge in [-0.3, -0.25) is 4.79 Å². The number of carbonyl (C=O) groups is 1. The second-order valence-electron chi connectivity index (χ2n) is 7.84. The molecular weight excluding hydrogens is 416 g/mol. The van der Waals surface area contributed by atoms with Crippen LogP contribution in [0.1, 0.15) is 43.5 Å². The molecule has 0 unspecified atom stereocenters. The van der Waals surface area contributed by atoms with Gasteiger partial charge in [-0.25, -0.2) is 12.7 Å². The van der Waals surface area contributed by atoms with Crippen LogP contribution in [0.5, 0.6) is 11.5 Å². The van der Waals surface area contributed by atoms with Crippen LogP contribution in [0, 0.1) is 11.8 Å². The lowest BCUT2D eigenvalue weighted by Gasteiger charge is -2.30. The lowest BCUT2D eigenvalue weighted by Crippen LogP contribution is -2.41. The van der Waals surface area contributed by atoms with Gasteiger partial charge in [0.2, 0.25) is 10.0 Å². The summed E-state index contributed by atoms with van der Waals surface area (Å²) in [7, 11) is -1.63. The van der Waals surface area contributed by atoms with Gasteiger partial charge in [0.05, 0.1) is 25.0 Å². The predicted molar refractivity (Wildman–Crippen MR) is 114 cm³/mol. The van der Waals surface area contributed by atoms with E-state index in [1.165, 1.54) is 17.7 Å². The number of hydrogen-bond acceptors (Lipinski definition) is 5. The molecule has 1 aliphatic heterocycles. The fraction of sp³-hybridized carbons (Fsp3) is 0.650. The Morgan fingerprint density at radius 1 is 1.31 bits per heavy atom. The Bertz CT molecular complexity index is 805. The monoisotopic (exact) mass is 446 g/mol. The van der Waals surface area contributed by atoms with E-state index in [1.54, 1.807) is 12.1 Å². The molecule has 9 heteroatoms. The number of sulfonamides is 1. The number of benzene rings is 1. The molecule has 1 heterocycles. The number of nitrogens with zero attached hydrogens (tertiary/aromatic N) is 1. The Labute approximate surface area is 178 Å². The predicted octanol–water partition coefficient (Wildman–Crippen LogP) is 3.17. The summed E-state index contributed by atoms with van der Waals surface area (Å²) in [5, 5.41) is 3.25. The van der Waals surface area contributed by atoms with Gasteiger partial charge in [0.1, 0.15) is 0 Å². The van der Waals surface area contributed by atoms with Gasteiger partial charge in [0.15, 0.2) is 11.5 Å². The molecule has 1 fully saturated rings. The maximum atomic E-state index is 12.6. The molecule has 1 N–H and O–H groups in total. The second-order valence-corrected chi connectivity index (χ2v) is 10.2. The molecule has 1 amide bonds. The van der Waals surface area contributed by atoms with E-state index in [-0.39, 0.29) is 11.8 Å². The van der Waals surface area contributed by atoms with E-state index in [2.05, 4.69) is 19.2 Å². The molecule has 1 aromatic rings. The molecule has 0 spiro atoms. The Morgan fingerprint density at radius 2 is 1.97 bits per heavy atom. The van der Waals surface area contributed by atoms with Gasteiger partial charge >= 0.3 is 0 Å². The number of halogens is 1. The van der Waals surface area contributed by atoms with Crippen LogP contribution in [0.3, 0.4) is 0 Å². The summed E-state index contributed by atoms with van der Waals surface area (Å²) in [6.45, 7) is 6.21. The number of piperidine rings is 1. The summed E-state index contributed by atoms with van der Waals surface area (Å²) in [6.07, 6.45) is 3.56. The molecule has 1 aromatic carbocycles. The maximum absolute atomic E-state index is 12.6. The Balaban J connectivity index is 1.94. The van der Waals surface area contributed by atoms with Crippen LogP contribution in [0.2, 0.25) is 5.02 Å². The molecule has 0 bridgehead atoms. The van der Waals surface area contributed by atoms with E-state index in [0.717, 1.165) is 19.3 Å². The van der Waals surface area contributed by atoms with Crippen molar-refractivity contribution in [2.45, 2.75) is 33.1 Å². The number of methoxy groups -OCH3 is 1. The molecule has 0 radical (unpaired) electrons. The van der Waals surface area contributed by atoms with Gasteiger partial charge in [0.25, 0.3) is 5.91 Å².